The summed E-state index contributed by atoms with van der Waals surface area (Å²) in [5.74, 6) is -0.672. The third kappa shape index (κ3) is 4.31. The molecule has 23 heavy (non-hydrogen) atoms. The quantitative estimate of drug-likeness (QED) is 0.903. The van der Waals surface area contributed by atoms with Crippen LogP contribution in [0.25, 0.3) is 0 Å². The highest BCUT2D eigenvalue weighted by atomic mass is 16.6. The second kappa shape index (κ2) is 7.76. The number of nitrogens with zero attached hydrogens (tertiary/aromatic N) is 1. The molecule has 1 fully saturated rings. The van der Waals surface area contributed by atoms with Gasteiger partial charge in [-0.3, -0.25) is 9.59 Å². The maximum absolute atomic E-state index is 12.2. The Morgan fingerprint density at radius 3 is 2.70 bits per heavy atom. The van der Waals surface area contributed by atoms with Crippen molar-refractivity contribution < 1.29 is 19.1 Å². The zero-order valence-electron chi connectivity index (χ0n) is 13.5. The number of hydrogen-bond donors (Lipinski definition) is 1. The topological polar surface area (TPSA) is 75.7 Å². The maximum Gasteiger partial charge on any atom is 0.417 e. The number of nitrogens with one attached hydrogen (secondary N) is 1. The first-order valence-corrected chi connectivity index (χ1v) is 7.86. The highest BCUT2D eigenvalue weighted by Crippen LogP contribution is 2.21. The molecule has 0 spiro atoms. The minimum atomic E-state index is -0.778. The lowest BCUT2D eigenvalue weighted by molar-refractivity contribution is -0.134. The van der Waals surface area contributed by atoms with Gasteiger partial charge in [-0.2, -0.15) is 0 Å². The number of hydrogen-bond acceptors (Lipinski definition) is 4. The van der Waals surface area contributed by atoms with Crippen LogP contribution in [-0.4, -0.2) is 34.9 Å². The Kier molecular flexibility index (Phi) is 5.73. The van der Waals surface area contributed by atoms with Gasteiger partial charge in [0.1, 0.15) is 12.6 Å². The van der Waals surface area contributed by atoms with Crippen LogP contribution in [0, 0.1) is 0 Å². The van der Waals surface area contributed by atoms with Gasteiger partial charge in [0.15, 0.2) is 0 Å². The number of likely N-dealkylation sites (tertiary alicyclic amines) is 1. The zero-order valence-corrected chi connectivity index (χ0v) is 13.5. The summed E-state index contributed by atoms with van der Waals surface area (Å²) in [4.78, 5) is 37.3. The summed E-state index contributed by atoms with van der Waals surface area (Å²) in [5, 5.41) is 2.81. The fourth-order valence-electron chi connectivity index (χ4n) is 2.39. The van der Waals surface area contributed by atoms with Gasteiger partial charge < -0.3 is 10.1 Å². The molecule has 1 N–H and O–H groups in total. The van der Waals surface area contributed by atoms with E-state index in [9.17, 15) is 14.4 Å². The number of amides is 3. The Morgan fingerprint density at radius 2 is 2.04 bits per heavy atom. The lowest BCUT2D eigenvalue weighted by atomic mass is 10.2. The van der Waals surface area contributed by atoms with Crippen LogP contribution < -0.4 is 5.32 Å². The van der Waals surface area contributed by atoms with E-state index in [0.717, 1.165) is 16.9 Å². The van der Waals surface area contributed by atoms with Gasteiger partial charge in [-0.25, -0.2) is 9.69 Å². The van der Waals surface area contributed by atoms with Crippen LogP contribution >= 0.6 is 0 Å². The minimum Gasteiger partial charge on any atom is -0.444 e. The predicted octanol–water partition coefficient (Wildman–Crippen LogP) is 2.23. The Hall–Kier alpha value is -2.37. The van der Waals surface area contributed by atoms with E-state index in [2.05, 4.69) is 5.32 Å². The largest absolute Gasteiger partial charge is 0.444 e. The molecule has 6 heteroatoms. The van der Waals surface area contributed by atoms with Crippen molar-refractivity contribution in [2.24, 2.45) is 0 Å². The van der Waals surface area contributed by atoms with Gasteiger partial charge in [-0.05, 0) is 25.3 Å². The van der Waals surface area contributed by atoms with E-state index in [4.69, 9.17) is 4.74 Å². The second-order valence-electron chi connectivity index (χ2n) is 5.68. The molecule has 0 aromatic heterocycles. The van der Waals surface area contributed by atoms with Gasteiger partial charge >= 0.3 is 6.09 Å². The lowest BCUT2D eigenvalue weighted by Gasteiger charge is -2.23. The molecule has 1 aromatic rings. The van der Waals surface area contributed by atoms with Crippen molar-refractivity contribution in [3.05, 3.63) is 35.9 Å². The molecule has 1 saturated heterocycles. The van der Waals surface area contributed by atoms with E-state index in [1.807, 2.05) is 44.2 Å². The molecule has 6 nitrogen and oxygen atoms in total. The highest BCUT2D eigenvalue weighted by Gasteiger charge is 2.41. The molecule has 1 aliphatic heterocycles. The van der Waals surface area contributed by atoms with Crippen molar-refractivity contribution in [1.29, 1.82) is 0 Å². The standard InChI is InChI=1S/C17H22N2O4/c1-3-12(2)18-16(21)14-9-10-15(20)19(14)17(22)23-11-13-7-5-4-6-8-13/h4-8,12,14H,3,9-11H2,1-2H3,(H,18,21)/t12-,14+/m1/s1. The van der Waals surface area contributed by atoms with Crippen LogP contribution in [0.4, 0.5) is 4.79 Å². The number of rotatable bonds is 5. The number of carbonyl (C=O) groups is 3. The van der Waals surface area contributed by atoms with Gasteiger partial charge in [-0.1, -0.05) is 37.3 Å². The second-order valence-corrected chi connectivity index (χ2v) is 5.68. The average Bonchev–Trinajstić information content (AvgIpc) is 2.95. The summed E-state index contributed by atoms with van der Waals surface area (Å²) in [5.41, 5.74) is 0.827. The van der Waals surface area contributed by atoms with Crippen LogP contribution in [-0.2, 0) is 20.9 Å². The van der Waals surface area contributed by atoms with E-state index < -0.39 is 12.1 Å². The molecule has 0 radical (unpaired) electrons. The first-order valence-electron chi connectivity index (χ1n) is 7.86. The monoisotopic (exact) mass is 318 g/mol. The SMILES string of the molecule is CC[C@@H](C)NC(=O)[C@@H]1CCC(=O)N1C(=O)OCc1ccccc1. The molecule has 2 atom stereocenters. The van der Waals surface area contributed by atoms with Gasteiger partial charge in [0.25, 0.3) is 0 Å². The Labute approximate surface area is 135 Å². The van der Waals surface area contributed by atoms with E-state index in [-0.39, 0.29) is 30.9 Å². The number of benzene rings is 1. The minimum absolute atomic E-state index is 0.000362. The van der Waals surface area contributed by atoms with E-state index in [1.54, 1.807) is 0 Å². The first-order chi connectivity index (χ1) is 11.0. The van der Waals surface area contributed by atoms with Gasteiger partial charge in [0.2, 0.25) is 11.8 Å². The van der Waals surface area contributed by atoms with Crippen molar-refractivity contribution in [2.75, 3.05) is 0 Å². The van der Waals surface area contributed by atoms with Crippen LogP contribution in [0.3, 0.4) is 0 Å². The summed E-state index contributed by atoms with van der Waals surface area (Å²) < 4.78 is 5.18. The fraction of sp³-hybridized carbons (Fsp3) is 0.471. The highest BCUT2D eigenvalue weighted by molar-refractivity contribution is 6.00. The third-order valence-electron chi connectivity index (χ3n) is 3.92. The third-order valence-corrected chi connectivity index (χ3v) is 3.92. The maximum atomic E-state index is 12.2. The van der Waals surface area contributed by atoms with Gasteiger partial charge in [0.05, 0.1) is 0 Å². The Bertz CT molecular complexity index is 573. The average molecular weight is 318 g/mol. The van der Waals surface area contributed by atoms with Gasteiger partial charge in [-0.15, -0.1) is 0 Å². The molecule has 124 valence electrons. The Balaban J connectivity index is 1.98. The van der Waals surface area contributed by atoms with Crippen LogP contribution in [0.1, 0.15) is 38.7 Å². The van der Waals surface area contributed by atoms with E-state index >= 15 is 0 Å². The number of ether oxygens (including phenoxy) is 1. The summed E-state index contributed by atoms with van der Waals surface area (Å²) in [6, 6.07) is 8.42. The lowest BCUT2D eigenvalue weighted by Crippen LogP contribution is -2.49. The van der Waals surface area contributed by atoms with Crippen molar-refractivity contribution in [2.45, 2.75) is 51.8 Å². The molecule has 1 aromatic carbocycles. The molecular formula is C17H22N2O4. The van der Waals surface area contributed by atoms with E-state index in [1.165, 1.54) is 0 Å². The van der Waals surface area contributed by atoms with Crippen molar-refractivity contribution in [1.82, 2.24) is 10.2 Å². The summed E-state index contributed by atoms with van der Waals surface area (Å²) in [7, 11) is 0. The number of imide groups is 1. The smallest absolute Gasteiger partial charge is 0.417 e. The molecule has 0 saturated carbocycles. The molecule has 2 rings (SSSR count). The molecule has 0 bridgehead atoms. The van der Waals surface area contributed by atoms with Crippen molar-refractivity contribution in [3.63, 3.8) is 0 Å². The summed E-state index contributed by atoms with van der Waals surface area (Å²) >= 11 is 0. The van der Waals surface area contributed by atoms with Crippen LogP contribution in [0.15, 0.2) is 30.3 Å². The first kappa shape index (κ1) is 17.0. The van der Waals surface area contributed by atoms with Crippen LogP contribution in [0.2, 0.25) is 0 Å². The fourth-order valence-corrected chi connectivity index (χ4v) is 2.39. The van der Waals surface area contributed by atoms with Gasteiger partial charge in [0, 0.05) is 12.5 Å². The summed E-state index contributed by atoms with van der Waals surface area (Å²) in [6.45, 7) is 3.91. The molecule has 3 amide bonds. The van der Waals surface area contributed by atoms with Crippen molar-refractivity contribution in [3.8, 4) is 0 Å². The molecule has 0 aliphatic carbocycles. The zero-order chi connectivity index (χ0) is 16.8. The Morgan fingerprint density at radius 1 is 1.35 bits per heavy atom. The molecule has 1 heterocycles. The molecular weight excluding hydrogens is 296 g/mol. The summed E-state index contributed by atoms with van der Waals surface area (Å²) in [6.07, 6.45) is 0.534. The molecule has 0 unspecified atom stereocenters. The normalized spacial score (nSPS) is 18.6. The van der Waals surface area contributed by atoms with Crippen molar-refractivity contribution >= 4 is 17.9 Å². The predicted molar refractivity (Wildman–Crippen MR) is 84.4 cm³/mol. The van der Waals surface area contributed by atoms with E-state index in [0.29, 0.717) is 6.42 Å². The number of carbonyl (C=O) groups excluding carboxylic acids is 3. The van der Waals surface area contributed by atoms with Crippen LogP contribution in [0.5, 0.6) is 0 Å². The molecule has 1 aliphatic rings.